The summed E-state index contributed by atoms with van der Waals surface area (Å²) < 4.78 is 0. The molecule has 0 aliphatic carbocycles. The second-order valence-corrected chi connectivity index (χ2v) is 35.3. The average Bonchev–Trinajstić information content (AvgIpc) is 0.696. The molecule has 21 aromatic carbocycles. The topological polar surface area (TPSA) is 19.4 Å². The maximum atomic E-state index is 2.50. The van der Waals surface area contributed by atoms with Crippen molar-refractivity contribution in [3.8, 4) is 66.8 Å². The normalized spacial score (nSPS) is 12.8. The Labute approximate surface area is 790 Å². The van der Waals surface area contributed by atoms with Gasteiger partial charge in [0, 0.05) is 102 Å². The molecule has 6 aliphatic heterocycles. The first-order chi connectivity index (χ1) is 67.0. The Morgan fingerprint density at radius 3 is 0.504 bits per heavy atom. The Morgan fingerprint density at radius 2 is 0.267 bits per heavy atom. The summed E-state index contributed by atoms with van der Waals surface area (Å²) >= 11 is 0. The molecular weight excluding hydrogens is 1630 g/mol. The van der Waals surface area contributed by atoms with E-state index in [0.29, 0.717) is 0 Å². The van der Waals surface area contributed by atoms with Crippen LogP contribution in [0.4, 0.5) is 102 Å². The average molecular weight is 1720 g/mol. The van der Waals surface area contributed by atoms with Crippen LogP contribution in [0.2, 0.25) is 0 Å². The van der Waals surface area contributed by atoms with Crippen molar-refractivity contribution in [3.63, 3.8) is 0 Å². The fraction of sp³-hybridized carbons (Fsp3) is 0. The standard InChI is InChI=1S/C48H33BN2.C42H29BN2.C36H25BN2/c1-6-16-34(17-7-1)37-26-28-42-44(30-37)50(40-22-12-4-13-23-40)46-32-39(36-20-10-3-11-21-36)33-47-48(46)49(42)43-29-27-38(35-18-8-2-9-19-35)31-45(43)51(47)41-24-14-5-15-25-41;1-5-14-30(15-6-1)32-24-26-36-40(28-32)44(34-18-9-3-10-19-34)38-22-13-23-39-42(38)43(36)37-27-25-33(31-16-7-2-8-17-31)29-41(37)45(39)35-20-11-4-12-21-35;1-4-14-26(15-5-1)27-24-34-36-35(25-27)39(29-18-8-3-9-19-29)33-23-13-11-21-31(33)37(36)30-20-10-12-22-32(30)38(34)28-16-6-2-7-17-28/h1-33H;1-29H;1-25H. The zero-order chi connectivity index (χ0) is 89.2. The van der Waals surface area contributed by atoms with Gasteiger partial charge < -0.3 is 29.4 Å². The number of rotatable bonds is 12. The highest BCUT2D eigenvalue weighted by atomic mass is 15.2. The van der Waals surface area contributed by atoms with E-state index < -0.39 is 0 Å². The Morgan fingerprint density at radius 1 is 0.104 bits per heavy atom. The summed E-state index contributed by atoms with van der Waals surface area (Å²) in [7, 11) is 0. The fourth-order valence-electron chi connectivity index (χ4n) is 21.8. The minimum absolute atomic E-state index is 0.0411. The Kier molecular flexibility index (Phi) is 20.2. The van der Waals surface area contributed by atoms with Crippen molar-refractivity contribution in [2.75, 3.05) is 29.4 Å². The van der Waals surface area contributed by atoms with Gasteiger partial charge in [-0.15, -0.1) is 0 Å². The van der Waals surface area contributed by atoms with E-state index in [1.807, 2.05) is 0 Å². The van der Waals surface area contributed by atoms with E-state index in [-0.39, 0.29) is 20.1 Å². The Balaban J connectivity index is 0.000000109. The number of nitrogens with zero attached hydrogens (tertiary/aromatic N) is 6. The molecule has 0 spiro atoms. The third-order valence-electron chi connectivity index (χ3n) is 27.7. The van der Waals surface area contributed by atoms with Crippen molar-refractivity contribution >= 4 is 172 Å². The third-order valence-corrected chi connectivity index (χ3v) is 27.7. The molecule has 0 saturated heterocycles. The van der Waals surface area contributed by atoms with Crippen molar-refractivity contribution < 1.29 is 0 Å². The molecule has 630 valence electrons. The quantitative estimate of drug-likeness (QED) is 0.113. The first kappa shape index (κ1) is 79.8. The molecule has 0 fully saturated rings. The second kappa shape index (κ2) is 34.2. The predicted molar refractivity (Wildman–Crippen MR) is 574 cm³/mol. The van der Waals surface area contributed by atoms with Crippen LogP contribution in [-0.2, 0) is 0 Å². The van der Waals surface area contributed by atoms with Crippen molar-refractivity contribution in [3.05, 3.63) is 528 Å². The van der Waals surface area contributed by atoms with Gasteiger partial charge in [0.15, 0.2) is 0 Å². The minimum atomic E-state index is 0.0411. The van der Waals surface area contributed by atoms with Crippen LogP contribution in [0.25, 0.3) is 66.8 Å². The molecule has 21 aromatic rings. The van der Waals surface area contributed by atoms with Crippen molar-refractivity contribution in [2.24, 2.45) is 0 Å². The number of hydrogen-bond acceptors (Lipinski definition) is 6. The van der Waals surface area contributed by atoms with Gasteiger partial charge in [0.2, 0.25) is 0 Å². The Bertz CT molecular complexity index is 7570. The molecule has 6 aliphatic rings. The first-order valence-corrected chi connectivity index (χ1v) is 46.7. The number of benzene rings is 21. The van der Waals surface area contributed by atoms with Gasteiger partial charge in [-0.25, -0.2) is 0 Å². The zero-order valence-corrected chi connectivity index (χ0v) is 74.1. The van der Waals surface area contributed by atoms with Crippen LogP contribution in [-0.4, -0.2) is 20.1 Å². The molecule has 135 heavy (non-hydrogen) atoms. The van der Waals surface area contributed by atoms with Gasteiger partial charge in [-0.3, -0.25) is 0 Å². The summed E-state index contributed by atoms with van der Waals surface area (Å²) in [5.74, 6) is 0. The fourth-order valence-corrected chi connectivity index (χ4v) is 21.8. The molecule has 0 amide bonds. The summed E-state index contributed by atoms with van der Waals surface area (Å²) in [6, 6.07) is 192. The van der Waals surface area contributed by atoms with E-state index in [4.69, 9.17) is 0 Å². The number of hydrogen-bond donors (Lipinski definition) is 0. The van der Waals surface area contributed by atoms with Crippen molar-refractivity contribution in [1.82, 2.24) is 0 Å². The lowest BCUT2D eigenvalue weighted by Crippen LogP contribution is -2.61. The van der Waals surface area contributed by atoms with Gasteiger partial charge in [0.25, 0.3) is 20.1 Å². The van der Waals surface area contributed by atoms with E-state index in [0.717, 1.165) is 22.7 Å². The minimum Gasteiger partial charge on any atom is -0.311 e. The number of fused-ring (bicyclic) bond motifs is 12. The molecule has 9 heteroatoms. The maximum absolute atomic E-state index is 2.50. The van der Waals surface area contributed by atoms with Crippen LogP contribution in [0.3, 0.4) is 0 Å². The summed E-state index contributed by atoms with van der Waals surface area (Å²) in [6.07, 6.45) is 0. The van der Waals surface area contributed by atoms with E-state index >= 15 is 0 Å². The lowest BCUT2D eigenvalue weighted by molar-refractivity contribution is 1.25. The molecule has 0 N–H and O–H groups in total. The zero-order valence-electron chi connectivity index (χ0n) is 74.1. The first-order valence-electron chi connectivity index (χ1n) is 46.7. The molecule has 0 saturated carbocycles. The molecule has 0 aromatic heterocycles. The predicted octanol–water partition coefficient (Wildman–Crippen LogP) is 27.3. The van der Waals surface area contributed by atoms with E-state index in [1.54, 1.807) is 0 Å². The second-order valence-electron chi connectivity index (χ2n) is 35.3. The van der Waals surface area contributed by atoms with Crippen LogP contribution in [0, 0.1) is 0 Å². The van der Waals surface area contributed by atoms with E-state index in [9.17, 15) is 0 Å². The summed E-state index contributed by atoms with van der Waals surface area (Å²) in [6.45, 7) is 0.280. The highest BCUT2D eigenvalue weighted by Crippen LogP contribution is 2.52. The van der Waals surface area contributed by atoms with Crippen LogP contribution >= 0.6 is 0 Å². The van der Waals surface area contributed by atoms with E-state index in [1.165, 1.54) is 196 Å². The van der Waals surface area contributed by atoms with Gasteiger partial charge in [-0.1, -0.05) is 382 Å². The number of para-hydroxylation sites is 8. The highest BCUT2D eigenvalue weighted by Gasteiger charge is 2.48. The number of anilines is 18. The molecule has 0 radical (unpaired) electrons. The maximum Gasteiger partial charge on any atom is 0.252 e. The Hall–Kier alpha value is -17.4. The molecule has 0 atom stereocenters. The monoisotopic (exact) mass is 1720 g/mol. The van der Waals surface area contributed by atoms with Crippen LogP contribution in [0.15, 0.2) is 528 Å². The smallest absolute Gasteiger partial charge is 0.252 e. The molecule has 0 unspecified atom stereocenters. The lowest BCUT2D eigenvalue weighted by Gasteiger charge is -2.44. The van der Waals surface area contributed by atoms with Gasteiger partial charge in [0.05, 0.1) is 0 Å². The lowest BCUT2D eigenvalue weighted by atomic mass is 9.33. The molecule has 6 nitrogen and oxygen atoms in total. The van der Waals surface area contributed by atoms with Crippen molar-refractivity contribution in [1.29, 1.82) is 0 Å². The third kappa shape index (κ3) is 14.0. The van der Waals surface area contributed by atoms with E-state index in [2.05, 4.69) is 557 Å². The van der Waals surface area contributed by atoms with Crippen LogP contribution < -0.4 is 78.6 Å². The van der Waals surface area contributed by atoms with Crippen LogP contribution in [0.1, 0.15) is 0 Å². The molecule has 6 heterocycles. The van der Waals surface area contributed by atoms with Crippen molar-refractivity contribution in [2.45, 2.75) is 0 Å². The van der Waals surface area contributed by atoms with Crippen LogP contribution in [0.5, 0.6) is 0 Å². The molecule has 0 bridgehead atoms. The summed E-state index contributed by atoms with van der Waals surface area (Å²) in [5, 5.41) is 0. The van der Waals surface area contributed by atoms with Gasteiger partial charge >= 0.3 is 0 Å². The summed E-state index contributed by atoms with van der Waals surface area (Å²) in [5.41, 5.74) is 48.1. The van der Waals surface area contributed by atoms with Gasteiger partial charge in [-0.05, 0) is 262 Å². The highest BCUT2D eigenvalue weighted by molar-refractivity contribution is 7.02. The summed E-state index contributed by atoms with van der Waals surface area (Å²) in [4.78, 5) is 14.8. The SMILES string of the molecule is c1ccc(-c2cc3c4c(c2)N(c2ccccc2)c2ccccc2B4c2ccccc2N3c2ccccc2)cc1.c1ccc(-c2ccc3c(c2)N(c2ccccc2)c2cc(-c4ccccc4)cc4c2B3c2ccc(-c3ccccc3)cc2N4c2ccccc2)cc1.c1ccc(-c2ccc3c(c2)N(c2ccccc2)c2cccc4c2B3c2ccc(-c3ccccc3)cc2N4c2ccccc2)cc1. The van der Waals surface area contributed by atoms with Gasteiger partial charge in [0.1, 0.15) is 0 Å². The van der Waals surface area contributed by atoms with Gasteiger partial charge in [-0.2, -0.15) is 0 Å². The molecule has 27 rings (SSSR count). The molecular formula is C126H87B3N6. The largest absolute Gasteiger partial charge is 0.311 e.